The van der Waals surface area contributed by atoms with Crippen LogP contribution < -0.4 is 21.8 Å². The summed E-state index contributed by atoms with van der Waals surface area (Å²) in [5.41, 5.74) is 6.59. The lowest BCUT2D eigenvalue weighted by molar-refractivity contribution is -0.117. The van der Waals surface area contributed by atoms with Gasteiger partial charge in [-0.2, -0.15) is 0 Å². The van der Waals surface area contributed by atoms with Crippen LogP contribution in [0.3, 0.4) is 0 Å². The quantitative estimate of drug-likeness (QED) is 0.137. The number of amides is 2. The number of phenols is 1. The predicted octanol–water partition coefficient (Wildman–Crippen LogP) is 3.33. The molecule has 6 N–H and O–H groups in total. The molecular weight excluding hydrogens is 502 g/mol. The highest BCUT2D eigenvalue weighted by molar-refractivity contribution is 6.09. The maximum atomic E-state index is 12.8. The van der Waals surface area contributed by atoms with Gasteiger partial charge in [0.15, 0.2) is 5.43 Å². The summed E-state index contributed by atoms with van der Waals surface area (Å²) < 4.78 is 5.84. The standard InChI is InChI=1S/C29H29N3O7/c30-26(35)16-31-11-3-1-2-4-12-32-28(36)17-5-8-20(23(13-17)29(37)38)27-21-9-6-18(33)14-24(21)39-25-15-19(34)7-10-22(25)27/h5-10,13-15,31,33H,1-4,11-12,16H2,(H2,30,35)(H,32,36)(H,37,38). The van der Waals surface area contributed by atoms with Gasteiger partial charge < -0.3 is 31.0 Å². The number of nitrogens with two attached hydrogens (primary N) is 1. The van der Waals surface area contributed by atoms with Gasteiger partial charge >= 0.3 is 5.97 Å². The van der Waals surface area contributed by atoms with Crippen LogP contribution in [0, 0.1) is 0 Å². The lowest BCUT2D eigenvalue weighted by atomic mass is 9.90. The van der Waals surface area contributed by atoms with E-state index in [4.69, 9.17) is 10.2 Å². The number of phenolic OH excluding ortho intramolecular Hbond substituents is 1. The van der Waals surface area contributed by atoms with Gasteiger partial charge in [0.05, 0.1) is 12.1 Å². The molecule has 1 aliphatic carbocycles. The second-order valence-electron chi connectivity index (χ2n) is 9.19. The molecule has 0 bridgehead atoms. The smallest absolute Gasteiger partial charge is 0.336 e. The molecular formula is C29H29N3O7. The van der Waals surface area contributed by atoms with Crippen molar-refractivity contribution < 1.29 is 29.0 Å². The van der Waals surface area contributed by atoms with Gasteiger partial charge in [0.25, 0.3) is 5.91 Å². The zero-order valence-electron chi connectivity index (χ0n) is 21.2. The van der Waals surface area contributed by atoms with Crippen LogP contribution in [0.2, 0.25) is 0 Å². The number of hydrogen-bond donors (Lipinski definition) is 5. The van der Waals surface area contributed by atoms with Crippen molar-refractivity contribution in [1.29, 1.82) is 0 Å². The number of carbonyl (C=O) groups is 3. The Hall–Kier alpha value is -4.70. The van der Waals surface area contributed by atoms with E-state index in [0.29, 0.717) is 35.2 Å². The van der Waals surface area contributed by atoms with Gasteiger partial charge in [0.1, 0.15) is 17.1 Å². The summed E-state index contributed by atoms with van der Waals surface area (Å²) in [5, 5.41) is 26.3. The number of carbonyl (C=O) groups excluding carboxylic acids is 2. The summed E-state index contributed by atoms with van der Waals surface area (Å²) in [7, 11) is 0. The Morgan fingerprint density at radius 2 is 1.62 bits per heavy atom. The lowest BCUT2D eigenvalue weighted by Gasteiger charge is -2.17. The third-order valence-electron chi connectivity index (χ3n) is 6.32. The first kappa shape index (κ1) is 27.3. The lowest BCUT2D eigenvalue weighted by Crippen LogP contribution is -2.29. The molecule has 0 unspecified atom stereocenters. The minimum Gasteiger partial charge on any atom is -0.508 e. The topological polar surface area (TPSA) is 172 Å². The Bertz CT molecular complexity index is 1560. The molecule has 202 valence electrons. The molecule has 0 atom stereocenters. The average Bonchev–Trinajstić information content (AvgIpc) is 2.90. The van der Waals surface area contributed by atoms with E-state index in [-0.39, 0.29) is 46.1 Å². The molecule has 10 nitrogen and oxygen atoms in total. The van der Waals surface area contributed by atoms with E-state index in [2.05, 4.69) is 10.6 Å². The molecule has 2 aromatic rings. The number of hydrogen-bond acceptors (Lipinski definition) is 7. The average molecular weight is 532 g/mol. The predicted molar refractivity (Wildman–Crippen MR) is 146 cm³/mol. The van der Waals surface area contributed by atoms with E-state index in [1.807, 2.05) is 0 Å². The molecule has 0 saturated carbocycles. The monoisotopic (exact) mass is 531 g/mol. The first-order valence-corrected chi connectivity index (χ1v) is 12.6. The molecule has 2 amide bonds. The van der Waals surface area contributed by atoms with Crippen LogP contribution in [0.5, 0.6) is 5.75 Å². The van der Waals surface area contributed by atoms with E-state index in [0.717, 1.165) is 25.7 Å². The summed E-state index contributed by atoms with van der Waals surface area (Å²) in [6.07, 6.45) is 3.45. The van der Waals surface area contributed by atoms with Crippen LogP contribution in [0.1, 0.15) is 46.4 Å². The molecule has 0 fully saturated rings. The van der Waals surface area contributed by atoms with E-state index in [9.17, 15) is 29.4 Å². The molecule has 0 saturated heterocycles. The number of carboxylic acid groups (broad SMARTS) is 1. The fourth-order valence-corrected chi connectivity index (χ4v) is 4.47. The summed E-state index contributed by atoms with van der Waals surface area (Å²) >= 11 is 0. The second-order valence-corrected chi connectivity index (χ2v) is 9.19. The number of nitrogens with one attached hydrogen (secondary N) is 2. The van der Waals surface area contributed by atoms with E-state index < -0.39 is 11.9 Å². The Kier molecular flexibility index (Phi) is 8.57. The molecule has 39 heavy (non-hydrogen) atoms. The van der Waals surface area contributed by atoms with Crippen molar-refractivity contribution in [1.82, 2.24) is 10.6 Å². The fraction of sp³-hybridized carbons (Fsp3) is 0.241. The number of rotatable bonds is 12. The molecule has 1 aliphatic heterocycles. The largest absolute Gasteiger partial charge is 0.508 e. The van der Waals surface area contributed by atoms with Gasteiger partial charge in [-0.1, -0.05) is 18.9 Å². The third kappa shape index (κ3) is 6.60. The van der Waals surface area contributed by atoms with Crippen LogP contribution in [-0.4, -0.2) is 47.6 Å². The molecule has 2 aliphatic rings. The Morgan fingerprint density at radius 1 is 0.872 bits per heavy atom. The molecule has 0 aromatic heterocycles. The highest BCUT2D eigenvalue weighted by atomic mass is 16.4. The molecule has 0 spiro atoms. The van der Waals surface area contributed by atoms with Gasteiger partial charge in [-0.15, -0.1) is 0 Å². The first-order valence-electron chi connectivity index (χ1n) is 12.6. The van der Waals surface area contributed by atoms with Gasteiger partial charge in [-0.05, 0) is 61.3 Å². The van der Waals surface area contributed by atoms with Crippen molar-refractivity contribution in [3.8, 4) is 28.2 Å². The van der Waals surface area contributed by atoms with Crippen molar-refractivity contribution in [3.05, 3.63) is 75.9 Å². The van der Waals surface area contributed by atoms with Crippen LogP contribution in [0.15, 0.2) is 63.8 Å². The number of aromatic hydroxyl groups is 1. The van der Waals surface area contributed by atoms with Gasteiger partial charge in [0.2, 0.25) is 5.91 Å². The van der Waals surface area contributed by atoms with Crippen molar-refractivity contribution in [2.45, 2.75) is 25.7 Å². The molecule has 2 aromatic carbocycles. The highest BCUT2D eigenvalue weighted by Crippen LogP contribution is 2.42. The number of carboxylic acids is 1. The number of unbranched alkanes of at least 4 members (excludes halogenated alkanes) is 3. The fourth-order valence-electron chi connectivity index (χ4n) is 4.47. The van der Waals surface area contributed by atoms with Crippen LogP contribution in [-0.2, 0) is 4.79 Å². The van der Waals surface area contributed by atoms with Crippen molar-refractivity contribution in [2.75, 3.05) is 19.6 Å². The zero-order chi connectivity index (χ0) is 27.9. The molecule has 1 heterocycles. The first-order chi connectivity index (χ1) is 18.7. The van der Waals surface area contributed by atoms with Crippen LogP contribution in [0.4, 0.5) is 0 Å². The molecule has 4 rings (SSSR count). The zero-order valence-corrected chi connectivity index (χ0v) is 21.2. The molecule has 0 radical (unpaired) electrons. The minimum atomic E-state index is -1.22. The van der Waals surface area contributed by atoms with Crippen LogP contribution >= 0.6 is 0 Å². The maximum Gasteiger partial charge on any atom is 0.336 e. The van der Waals surface area contributed by atoms with Crippen molar-refractivity contribution in [2.24, 2.45) is 5.73 Å². The second kappa shape index (κ2) is 12.2. The highest BCUT2D eigenvalue weighted by Gasteiger charge is 2.23. The van der Waals surface area contributed by atoms with Crippen molar-refractivity contribution in [3.63, 3.8) is 0 Å². The third-order valence-corrected chi connectivity index (χ3v) is 6.32. The molecule has 10 heteroatoms. The summed E-state index contributed by atoms with van der Waals surface area (Å²) in [4.78, 5) is 47.8. The Morgan fingerprint density at radius 3 is 2.36 bits per heavy atom. The number of aromatic carboxylic acids is 1. The van der Waals surface area contributed by atoms with Crippen LogP contribution in [0.25, 0.3) is 33.4 Å². The Balaban J connectivity index is 1.54. The van der Waals surface area contributed by atoms with Gasteiger partial charge in [-0.3, -0.25) is 14.4 Å². The SMILES string of the molecule is NC(=O)CNCCCCCCNC(=O)c1ccc(-c2c3ccc(=O)cc-3oc3cc(O)ccc23)c(C(=O)O)c1. The van der Waals surface area contributed by atoms with Gasteiger partial charge in [-0.25, -0.2) is 4.79 Å². The van der Waals surface area contributed by atoms with Gasteiger partial charge in [0, 0.05) is 40.8 Å². The number of fused-ring (bicyclic) bond motifs is 2. The van der Waals surface area contributed by atoms with E-state index >= 15 is 0 Å². The number of primary amides is 1. The maximum absolute atomic E-state index is 12.8. The Labute approximate surface area is 223 Å². The van der Waals surface area contributed by atoms with E-state index in [1.165, 1.54) is 30.3 Å². The van der Waals surface area contributed by atoms with E-state index in [1.54, 1.807) is 24.3 Å². The normalized spacial score (nSPS) is 11.1. The summed E-state index contributed by atoms with van der Waals surface area (Å²) in [6, 6.07) is 13.2. The minimum absolute atomic E-state index is 0.0416. The van der Waals surface area contributed by atoms with Crippen molar-refractivity contribution >= 4 is 28.8 Å². The summed E-state index contributed by atoms with van der Waals surface area (Å²) in [5.74, 6) is -1.79. The number of benzene rings is 3. The summed E-state index contributed by atoms with van der Waals surface area (Å²) in [6.45, 7) is 1.29.